The fourth-order valence-electron chi connectivity index (χ4n) is 7.40. The number of amides is 1. The number of carbonyl (C=O) groups excluding carboxylic acids is 1. The first-order valence-electron chi connectivity index (χ1n) is 19.8. The van der Waals surface area contributed by atoms with E-state index in [9.17, 15) is 14.9 Å². The molecule has 2 aliphatic heterocycles. The molecule has 0 radical (unpaired) electrons. The van der Waals surface area contributed by atoms with Crippen molar-refractivity contribution < 1.29 is 33.7 Å². The van der Waals surface area contributed by atoms with Gasteiger partial charge in [-0.2, -0.15) is 0 Å². The van der Waals surface area contributed by atoms with E-state index in [1.807, 2.05) is 48.5 Å². The van der Waals surface area contributed by atoms with Gasteiger partial charge < -0.3 is 38.9 Å². The summed E-state index contributed by atoms with van der Waals surface area (Å²) in [4.78, 5) is 31.2. The zero-order valence-corrected chi connectivity index (χ0v) is 32.8. The summed E-state index contributed by atoms with van der Waals surface area (Å²) in [5.74, 6) is 1.49. The van der Waals surface area contributed by atoms with Crippen LogP contribution in [0.2, 0.25) is 0 Å². The smallest absolute Gasteiger partial charge is 0.294 e. The predicted molar refractivity (Wildman–Crippen MR) is 218 cm³/mol. The highest BCUT2D eigenvalue weighted by Gasteiger charge is 2.32. The van der Waals surface area contributed by atoms with Gasteiger partial charge in [0.05, 0.1) is 32.5 Å². The number of likely N-dealkylation sites (tertiary alicyclic amines) is 1. The van der Waals surface area contributed by atoms with Gasteiger partial charge in [0.2, 0.25) is 5.91 Å². The highest BCUT2D eigenvalue weighted by Crippen LogP contribution is 2.34. The lowest BCUT2D eigenvalue weighted by Gasteiger charge is -2.40. The maximum atomic E-state index is 11.5. The first kappa shape index (κ1) is 41.1. The Morgan fingerprint density at radius 1 is 0.877 bits per heavy atom. The van der Waals surface area contributed by atoms with Crippen molar-refractivity contribution >= 4 is 11.6 Å². The quantitative estimate of drug-likeness (QED) is 0.0398. The van der Waals surface area contributed by atoms with E-state index < -0.39 is 5.09 Å². The molecule has 4 aromatic carbocycles. The number of benzene rings is 4. The van der Waals surface area contributed by atoms with Crippen LogP contribution >= 0.6 is 0 Å². The van der Waals surface area contributed by atoms with E-state index in [4.69, 9.17) is 18.9 Å². The van der Waals surface area contributed by atoms with Crippen molar-refractivity contribution in [3.8, 4) is 5.75 Å². The number of anilines is 1. The molecule has 1 saturated heterocycles. The Bertz CT molecular complexity index is 1910. The minimum atomic E-state index is -0.794. The molecule has 12 nitrogen and oxygen atoms in total. The van der Waals surface area contributed by atoms with Gasteiger partial charge in [0.25, 0.3) is 5.09 Å². The number of nitrogens with zero attached hydrogens (tertiary/aromatic N) is 3. The average Bonchev–Trinajstić information content (AvgIpc) is 3.23. The molecule has 0 saturated carbocycles. The lowest BCUT2D eigenvalue weighted by atomic mass is 9.87. The molecule has 12 heteroatoms. The molecule has 1 fully saturated rings. The molecular formula is C45H54N4O8. The summed E-state index contributed by atoms with van der Waals surface area (Å²) < 4.78 is 24.8. The van der Waals surface area contributed by atoms with Gasteiger partial charge in [0.15, 0.2) is 5.88 Å². The Hall–Kier alpha value is -5.59. The number of carbonyl (C=O) groups is 1. The van der Waals surface area contributed by atoms with Crippen LogP contribution in [0.15, 0.2) is 110 Å². The van der Waals surface area contributed by atoms with Crippen LogP contribution < -0.4 is 15.0 Å². The largest absolute Gasteiger partial charge is 0.494 e. The molecule has 0 aromatic heterocycles. The normalized spacial score (nSPS) is 16.4. The van der Waals surface area contributed by atoms with Crippen LogP contribution in [0.5, 0.6) is 5.75 Å². The van der Waals surface area contributed by atoms with E-state index in [-0.39, 0.29) is 31.1 Å². The van der Waals surface area contributed by atoms with Crippen LogP contribution in [0.3, 0.4) is 0 Å². The number of aryl methyl sites for hydroxylation is 1. The van der Waals surface area contributed by atoms with Crippen molar-refractivity contribution in [1.29, 1.82) is 0 Å². The Morgan fingerprint density at radius 2 is 1.65 bits per heavy atom. The van der Waals surface area contributed by atoms with Crippen molar-refractivity contribution in [3.63, 3.8) is 0 Å². The molecule has 0 bridgehead atoms. The first-order chi connectivity index (χ1) is 27.8. The maximum absolute atomic E-state index is 11.5. The molecule has 0 aliphatic carbocycles. The van der Waals surface area contributed by atoms with Crippen molar-refractivity contribution in [3.05, 3.63) is 153 Å². The molecule has 302 valence electrons. The van der Waals surface area contributed by atoms with Gasteiger partial charge in [-0.1, -0.05) is 78.9 Å². The van der Waals surface area contributed by atoms with E-state index in [0.29, 0.717) is 51.0 Å². The number of nitrogens with one attached hydrogen (secondary N) is 1. The van der Waals surface area contributed by atoms with E-state index in [0.717, 1.165) is 67.8 Å². The second-order valence-corrected chi connectivity index (χ2v) is 14.5. The van der Waals surface area contributed by atoms with E-state index in [1.54, 1.807) is 13.0 Å². The second kappa shape index (κ2) is 21.1. The summed E-state index contributed by atoms with van der Waals surface area (Å²) in [5.41, 5.74) is 7.54. The van der Waals surface area contributed by atoms with Crippen LogP contribution in [0.1, 0.15) is 65.5 Å². The van der Waals surface area contributed by atoms with Crippen LogP contribution in [0, 0.1) is 10.1 Å². The SMILES string of the molecule is C=C(OCc1cccc(CO[N+](=O)[O-])c1)N1CCC(c2ccc(OCCCOCc3ccccc3)cc2)C(OCc2ccc3c(c2)N(CCNC(C)=O)CCC3)C1. The number of hydrogen-bond donors (Lipinski definition) is 1. The second-order valence-electron chi connectivity index (χ2n) is 14.5. The fourth-order valence-corrected chi connectivity index (χ4v) is 7.40. The van der Waals surface area contributed by atoms with Crippen molar-refractivity contribution in [2.24, 2.45) is 0 Å². The summed E-state index contributed by atoms with van der Waals surface area (Å²) in [5, 5.41) is 12.8. The molecule has 1 amide bonds. The molecule has 6 rings (SSSR count). The predicted octanol–water partition coefficient (Wildman–Crippen LogP) is 7.33. The number of piperidine rings is 1. The molecule has 2 unspecified atom stereocenters. The summed E-state index contributed by atoms with van der Waals surface area (Å²) in [6.07, 6.45) is 3.60. The zero-order valence-electron chi connectivity index (χ0n) is 32.8. The average molecular weight is 779 g/mol. The Morgan fingerprint density at radius 3 is 2.44 bits per heavy atom. The molecule has 0 spiro atoms. The van der Waals surface area contributed by atoms with E-state index in [2.05, 4.69) is 69.0 Å². The summed E-state index contributed by atoms with van der Waals surface area (Å²) in [6.45, 7) is 11.9. The van der Waals surface area contributed by atoms with Gasteiger partial charge in [0.1, 0.15) is 19.0 Å². The fraction of sp³-hybridized carbons (Fsp3) is 0.400. The van der Waals surface area contributed by atoms with Crippen LogP contribution in [-0.2, 0) is 56.7 Å². The zero-order chi connectivity index (χ0) is 39.8. The molecular weight excluding hydrogens is 725 g/mol. The highest BCUT2D eigenvalue weighted by molar-refractivity contribution is 5.72. The highest BCUT2D eigenvalue weighted by atomic mass is 16.9. The molecule has 1 N–H and O–H groups in total. The van der Waals surface area contributed by atoms with E-state index in [1.165, 1.54) is 16.8 Å². The molecule has 2 atom stereocenters. The molecule has 4 aromatic rings. The first-order valence-corrected chi connectivity index (χ1v) is 19.8. The number of rotatable bonds is 21. The van der Waals surface area contributed by atoms with Crippen molar-refractivity contribution in [2.45, 2.75) is 71.1 Å². The number of fused-ring (bicyclic) bond motifs is 1. The van der Waals surface area contributed by atoms with Gasteiger partial charge in [-0.25, -0.2) is 0 Å². The summed E-state index contributed by atoms with van der Waals surface area (Å²) >= 11 is 0. The monoisotopic (exact) mass is 778 g/mol. The lowest BCUT2D eigenvalue weighted by Crippen LogP contribution is -2.43. The van der Waals surface area contributed by atoms with Gasteiger partial charge in [-0.05, 0) is 77.4 Å². The third-order valence-corrected chi connectivity index (χ3v) is 10.4. The third-order valence-electron chi connectivity index (χ3n) is 10.4. The topological polar surface area (TPSA) is 125 Å². The Labute approximate surface area is 335 Å². The van der Waals surface area contributed by atoms with Crippen LogP contribution in [0.4, 0.5) is 5.69 Å². The molecule has 57 heavy (non-hydrogen) atoms. The lowest BCUT2D eigenvalue weighted by molar-refractivity contribution is -0.763. The molecule has 2 heterocycles. The Balaban J connectivity index is 1.08. The standard InChI is InChI=1S/C45H54N4O8/c1-34(50)46-21-24-47-22-7-13-41-15-14-39(28-44(41)47)32-56-45-29-48(35(2)55-31-37-11-6-12-38(27-37)33-57-49(51)52)23-20-43(45)40-16-18-42(19-17-40)54-26-8-25-53-30-36-9-4-3-5-10-36/h3-6,9-12,14-19,27-28,43,45H,2,7-8,13,20-26,29-33H2,1H3,(H,46,50). The van der Waals surface area contributed by atoms with Gasteiger partial charge in [0, 0.05) is 57.7 Å². The van der Waals surface area contributed by atoms with Crippen LogP contribution in [-0.4, -0.2) is 67.9 Å². The van der Waals surface area contributed by atoms with E-state index >= 15 is 0 Å². The summed E-state index contributed by atoms with van der Waals surface area (Å²) in [6, 6.07) is 32.5. The third kappa shape index (κ3) is 12.7. The molecule has 2 aliphatic rings. The van der Waals surface area contributed by atoms with Crippen LogP contribution in [0.25, 0.3) is 0 Å². The Kier molecular flexibility index (Phi) is 15.2. The van der Waals surface area contributed by atoms with Crippen molar-refractivity contribution in [1.82, 2.24) is 10.2 Å². The maximum Gasteiger partial charge on any atom is 0.294 e. The summed E-state index contributed by atoms with van der Waals surface area (Å²) in [7, 11) is 0. The minimum absolute atomic E-state index is 0.0181. The van der Waals surface area contributed by atoms with Crippen molar-refractivity contribution in [2.75, 3.05) is 50.8 Å². The number of hydrogen-bond acceptors (Lipinski definition) is 10. The minimum Gasteiger partial charge on any atom is -0.494 e. The van der Waals surface area contributed by atoms with Gasteiger partial charge >= 0.3 is 0 Å². The van der Waals surface area contributed by atoms with Gasteiger partial charge in [-0.15, -0.1) is 10.1 Å². The van der Waals surface area contributed by atoms with Gasteiger partial charge in [-0.3, -0.25) is 4.79 Å². The number of ether oxygens (including phenoxy) is 4.